The Balaban J connectivity index is 0. The third kappa shape index (κ3) is 10.6. The van der Waals surface area contributed by atoms with E-state index < -0.39 is 9.53 Å². The fraction of sp³-hybridized carbons (Fsp3) is 1.00. The molecule has 3 nitrogen and oxygen atoms in total. The average molecular weight is 231 g/mol. The zero-order valence-electron chi connectivity index (χ0n) is 8.30. The Kier molecular flexibility index (Phi) is 17.8. The minimum atomic E-state index is -1.73. The van der Waals surface area contributed by atoms with Crippen LogP contribution in [0.1, 0.15) is 20.8 Å². The molecule has 6 heteroatoms. The van der Waals surface area contributed by atoms with Gasteiger partial charge in [0.05, 0.1) is 0 Å². The van der Waals surface area contributed by atoms with Crippen molar-refractivity contribution in [2.45, 2.75) is 20.8 Å². The number of halogens is 1. The lowest BCUT2D eigenvalue weighted by molar-refractivity contribution is 0.107. The number of hydrogen-bond acceptors (Lipinski definition) is 3. The first-order valence-corrected chi connectivity index (χ1v) is 8.51. The summed E-state index contributed by atoms with van der Waals surface area (Å²) in [5.41, 5.74) is 0. The van der Waals surface area contributed by atoms with Crippen molar-refractivity contribution in [3.63, 3.8) is 0 Å². The van der Waals surface area contributed by atoms with Crippen LogP contribution in [-0.2, 0) is 13.3 Å². The van der Waals surface area contributed by atoms with Gasteiger partial charge in [-0.25, -0.2) is 0 Å². The first kappa shape index (κ1) is 15.1. The summed E-state index contributed by atoms with van der Waals surface area (Å²) < 4.78 is 15.7. The Hall–Kier alpha value is 0.604. The third-order valence-electron chi connectivity index (χ3n) is 0.908. The first-order valence-electron chi connectivity index (χ1n) is 4.07. The normalized spacial score (nSPS) is 9.75. The quantitative estimate of drug-likeness (QED) is 0.486. The molecule has 0 bridgehead atoms. The van der Waals surface area contributed by atoms with Gasteiger partial charge in [0, 0.05) is 19.8 Å². The van der Waals surface area contributed by atoms with Crippen LogP contribution in [0.5, 0.6) is 0 Å². The van der Waals surface area contributed by atoms with E-state index in [9.17, 15) is 0 Å². The van der Waals surface area contributed by atoms with Crippen molar-refractivity contribution in [3.8, 4) is 0 Å². The Morgan fingerprint density at radius 1 is 0.917 bits per heavy atom. The fourth-order valence-electron chi connectivity index (χ4n) is 0.553. The fourth-order valence-corrected chi connectivity index (χ4v) is 1.66. The lowest BCUT2D eigenvalue weighted by Crippen LogP contribution is -2.27. The van der Waals surface area contributed by atoms with Gasteiger partial charge in [0.2, 0.25) is 0 Å². The molecule has 0 unspecified atom stereocenters. The highest BCUT2D eigenvalue weighted by Gasteiger charge is 2.11. The summed E-state index contributed by atoms with van der Waals surface area (Å²) in [4.78, 5) is 0. The molecule has 76 valence electrons. The second-order valence-corrected chi connectivity index (χ2v) is 3.23. The molecule has 12 heavy (non-hydrogen) atoms. The van der Waals surface area contributed by atoms with Crippen LogP contribution in [0.3, 0.4) is 0 Å². The molecule has 0 spiro atoms. The summed E-state index contributed by atoms with van der Waals surface area (Å²) >= 11 is 4.78. The van der Waals surface area contributed by atoms with Gasteiger partial charge in [0.1, 0.15) is 9.55 Å². The molecule has 0 aromatic heterocycles. The minimum absolute atomic E-state index is 0.677. The van der Waals surface area contributed by atoms with E-state index in [0.717, 1.165) is 9.55 Å². The van der Waals surface area contributed by atoms with Gasteiger partial charge in [-0.2, -0.15) is 11.1 Å². The molecule has 0 aromatic rings. The summed E-state index contributed by atoms with van der Waals surface area (Å²) in [6.45, 7) is 7.86. The summed E-state index contributed by atoms with van der Waals surface area (Å²) in [5.74, 6) is 0. The standard InChI is InChI=1S/C6H16O3Si.ClH3Si/c1-4-7-10(8-5-2)9-6-3;1-2/h10H,4-6H2,1-3H3;2H3. The van der Waals surface area contributed by atoms with E-state index >= 15 is 0 Å². The van der Waals surface area contributed by atoms with Crippen molar-refractivity contribution < 1.29 is 13.3 Å². The second kappa shape index (κ2) is 14.1. The van der Waals surface area contributed by atoms with Gasteiger partial charge in [0.15, 0.2) is 0 Å². The Morgan fingerprint density at radius 2 is 1.17 bits per heavy atom. The molecule has 0 saturated heterocycles. The van der Waals surface area contributed by atoms with Crippen LogP contribution in [0, 0.1) is 0 Å². The smallest absolute Gasteiger partial charge is 0.376 e. The molecule has 0 aromatic carbocycles. The molecule has 0 heterocycles. The molecule has 0 amide bonds. The van der Waals surface area contributed by atoms with Crippen LogP contribution in [0.4, 0.5) is 0 Å². The molecule has 0 aliphatic carbocycles. The van der Waals surface area contributed by atoms with E-state index in [2.05, 4.69) is 0 Å². The van der Waals surface area contributed by atoms with Gasteiger partial charge < -0.3 is 13.3 Å². The molecule has 0 aliphatic rings. The average Bonchev–Trinajstić information content (AvgIpc) is 2.10. The summed E-state index contributed by atoms with van der Waals surface area (Å²) in [6, 6.07) is 0. The van der Waals surface area contributed by atoms with E-state index in [1.165, 1.54) is 0 Å². The minimum Gasteiger partial charge on any atom is -0.376 e. The largest absolute Gasteiger partial charge is 0.484 e. The number of hydrogen-bond donors (Lipinski definition) is 0. The second-order valence-electron chi connectivity index (χ2n) is 1.65. The van der Waals surface area contributed by atoms with Gasteiger partial charge in [-0.15, -0.1) is 0 Å². The zero-order valence-corrected chi connectivity index (χ0v) is 12.2. The van der Waals surface area contributed by atoms with Crippen molar-refractivity contribution in [2.75, 3.05) is 19.8 Å². The molecule has 0 aliphatic heterocycles. The van der Waals surface area contributed by atoms with Crippen molar-refractivity contribution in [1.29, 1.82) is 0 Å². The van der Waals surface area contributed by atoms with Gasteiger partial charge in [0.25, 0.3) is 0 Å². The molecule has 0 fully saturated rings. The highest BCUT2D eigenvalue weighted by Crippen LogP contribution is 1.90. The van der Waals surface area contributed by atoms with Crippen LogP contribution in [-0.4, -0.2) is 38.9 Å². The molecule has 0 N–H and O–H groups in total. The molecule has 0 rings (SSSR count). The van der Waals surface area contributed by atoms with Crippen molar-refractivity contribution in [1.82, 2.24) is 0 Å². The van der Waals surface area contributed by atoms with Crippen molar-refractivity contribution in [2.24, 2.45) is 0 Å². The highest BCUT2D eigenvalue weighted by molar-refractivity contribution is 6.80. The molecule has 0 atom stereocenters. The predicted octanol–water partition coefficient (Wildman–Crippen LogP) is 0.319. The summed E-state index contributed by atoms with van der Waals surface area (Å²) in [6.07, 6.45) is 0. The summed E-state index contributed by atoms with van der Waals surface area (Å²) in [7, 11) is -0.956. The van der Waals surface area contributed by atoms with Gasteiger partial charge in [-0.05, 0) is 20.8 Å². The Labute approximate surface area is 84.4 Å². The van der Waals surface area contributed by atoms with Gasteiger partial charge in [-0.1, -0.05) is 0 Å². The van der Waals surface area contributed by atoms with E-state index in [0.29, 0.717) is 19.8 Å². The summed E-state index contributed by atoms with van der Waals surface area (Å²) in [5, 5.41) is 0. The monoisotopic (exact) mass is 230 g/mol. The van der Waals surface area contributed by atoms with Crippen molar-refractivity contribution in [3.05, 3.63) is 0 Å². The zero-order chi connectivity index (χ0) is 9.82. The Bertz CT molecular complexity index is 63.5. The maximum absolute atomic E-state index is 5.22. The van der Waals surface area contributed by atoms with Gasteiger partial charge >= 0.3 is 9.53 Å². The number of rotatable bonds is 6. The lowest BCUT2D eigenvalue weighted by Gasteiger charge is -2.12. The maximum atomic E-state index is 5.22. The topological polar surface area (TPSA) is 27.7 Å². The van der Waals surface area contributed by atoms with E-state index in [-0.39, 0.29) is 0 Å². The third-order valence-corrected chi connectivity index (χ3v) is 2.72. The van der Waals surface area contributed by atoms with Crippen molar-refractivity contribution >= 4 is 30.2 Å². The van der Waals surface area contributed by atoms with E-state index in [4.69, 9.17) is 24.4 Å². The predicted molar refractivity (Wildman–Crippen MR) is 57.8 cm³/mol. The van der Waals surface area contributed by atoms with Gasteiger partial charge in [-0.3, -0.25) is 0 Å². The van der Waals surface area contributed by atoms with E-state index in [1.54, 1.807) is 0 Å². The van der Waals surface area contributed by atoms with Crippen LogP contribution >= 0.6 is 11.1 Å². The van der Waals surface area contributed by atoms with Crippen LogP contribution < -0.4 is 0 Å². The lowest BCUT2D eigenvalue weighted by atomic mass is 10.9. The molecular formula is C6H19ClO3Si2. The van der Waals surface area contributed by atoms with Crippen LogP contribution in [0.15, 0.2) is 0 Å². The first-order chi connectivity index (χ1) is 5.85. The molecule has 0 radical (unpaired) electrons. The molecular weight excluding hydrogens is 212 g/mol. The SMILES string of the molecule is CCO[SiH](OCC)OCC.[SiH3]Cl. The Morgan fingerprint density at radius 3 is 1.33 bits per heavy atom. The maximum Gasteiger partial charge on any atom is 0.484 e. The highest BCUT2D eigenvalue weighted by atomic mass is 35.6. The van der Waals surface area contributed by atoms with E-state index in [1.807, 2.05) is 20.8 Å². The van der Waals surface area contributed by atoms with Crippen LogP contribution in [0.2, 0.25) is 0 Å². The van der Waals surface area contributed by atoms with Crippen LogP contribution in [0.25, 0.3) is 0 Å². The molecule has 0 saturated carbocycles.